The van der Waals surface area contributed by atoms with Gasteiger partial charge in [-0.25, -0.2) is 9.97 Å². The summed E-state index contributed by atoms with van der Waals surface area (Å²) >= 11 is 0. The highest BCUT2D eigenvalue weighted by Crippen LogP contribution is 2.38. The Morgan fingerprint density at radius 2 is 1.10 bits per heavy atom. The molecule has 4 nitrogen and oxygen atoms in total. The van der Waals surface area contributed by atoms with Gasteiger partial charge in [-0.2, -0.15) is 0 Å². The van der Waals surface area contributed by atoms with Gasteiger partial charge in [0.05, 0.1) is 11.0 Å². The molecule has 0 fully saturated rings. The maximum Gasteiger partial charge on any atom is 0.166 e. The summed E-state index contributed by atoms with van der Waals surface area (Å²) in [4.78, 5) is 9.82. The molecule has 3 heterocycles. The second kappa shape index (κ2) is 9.07. The first-order chi connectivity index (χ1) is 19.9. The third kappa shape index (κ3) is 3.47. The molecule has 0 radical (unpaired) electrons. The van der Waals surface area contributed by atoms with Gasteiger partial charge in [0.15, 0.2) is 5.82 Å². The quantitative estimate of drug-likeness (QED) is 0.236. The largest absolute Gasteiger partial charge is 0.311 e. The van der Waals surface area contributed by atoms with E-state index in [2.05, 4.69) is 137 Å². The molecule has 0 saturated heterocycles. The maximum absolute atomic E-state index is 4.95. The van der Waals surface area contributed by atoms with E-state index in [9.17, 15) is 0 Å². The van der Waals surface area contributed by atoms with Crippen LogP contribution in [0.4, 0.5) is 0 Å². The lowest BCUT2D eigenvalue weighted by Gasteiger charge is -2.13. The Morgan fingerprint density at radius 1 is 0.500 bits per heavy atom. The van der Waals surface area contributed by atoms with Crippen LogP contribution in [-0.2, 0) is 0 Å². The van der Waals surface area contributed by atoms with Gasteiger partial charge in [-0.05, 0) is 41.0 Å². The Kier molecular flexibility index (Phi) is 5.10. The molecule has 0 aliphatic rings. The summed E-state index contributed by atoms with van der Waals surface area (Å²) in [6, 6.07) is 46.7. The van der Waals surface area contributed by atoms with Crippen molar-refractivity contribution >= 4 is 32.8 Å². The molecule has 0 aliphatic heterocycles. The zero-order chi connectivity index (χ0) is 26.5. The van der Waals surface area contributed by atoms with Crippen LogP contribution < -0.4 is 0 Å². The predicted octanol–water partition coefficient (Wildman–Crippen LogP) is 8.85. The zero-order valence-corrected chi connectivity index (χ0v) is 21.6. The van der Waals surface area contributed by atoms with Crippen molar-refractivity contribution in [2.45, 2.75) is 0 Å². The van der Waals surface area contributed by atoms with E-state index in [4.69, 9.17) is 9.97 Å². The molecular weight excluding hydrogens is 488 g/mol. The minimum Gasteiger partial charge on any atom is -0.311 e. The molecule has 4 heteroatoms. The fraction of sp³-hybridized carbons (Fsp3) is 0. The molecule has 8 rings (SSSR count). The van der Waals surface area contributed by atoms with E-state index < -0.39 is 0 Å². The van der Waals surface area contributed by atoms with E-state index in [0.717, 1.165) is 50.3 Å². The van der Waals surface area contributed by atoms with Crippen molar-refractivity contribution in [1.29, 1.82) is 0 Å². The number of nitrogens with zero attached hydrogens (tertiary/aromatic N) is 4. The van der Waals surface area contributed by atoms with E-state index >= 15 is 0 Å². The van der Waals surface area contributed by atoms with E-state index in [1.54, 1.807) is 6.33 Å². The highest BCUT2D eigenvalue weighted by Gasteiger charge is 2.21. The Balaban J connectivity index is 1.48. The van der Waals surface area contributed by atoms with Crippen LogP contribution in [0.1, 0.15) is 0 Å². The highest BCUT2D eigenvalue weighted by molar-refractivity contribution is 6.10. The van der Waals surface area contributed by atoms with Gasteiger partial charge in [0, 0.05) is 28.2 Å². The molecule has 0 saturated carbocycles. The lowest BCUT2D eigenvalue weighted by atomic mass is 10.1. The molecule has 188 valence electrons. The maximum atomic E-state index is 4.95. The van der Waals surface area contributed by atoms with Crippen molar-refractivity contribution in [3.8, 4) is 33.8 Å². The number of para-hydroxylation sites is 2. The van der Waals surface area contributed by atoms with Crippen LogP contribution in [0.25, 0.3) is 66.6 Å². The first-order valence-corrected chi connectivity index (χ1v) is 13.4. The van der Waals surface area contributed by atoms with Gasteiger partial charge in [0.25, 0.3) is 0 Å². The first-order valence-electron chi connectivity index (χ1n) is 13.4. The Bertz CT molecular complexity index is 2100. The second-order valence-electron chi connectivity index (χ2n) is 9.96. The lowest BCUT2D eigenvalue weighted by molar-refractivity contribution is 1.03. The third-order valence-electron chi connectivity index (χ3n) is 7.67. The minimum atomic E-state index is 0.856. The van der Waals surface area contributed by atoms with Gasteiger partial charge in [-0.3, -0.25) is 4.57 Å². The van der Waals surface area contributed by atoms with Crippen molar-refractivity contribution in [3.05, 3.63) is 146 Å². The summed E-state index contributed by atoms with van der Waals surface area (Å²) in [5.74, 6) is 0.856. The highest BCUT2D eigenvalue weighted by atomic mass is 15.1. The third-order valence-corrected chi connectivity index (χ3v) is 7.67. The summed E-state index contributed by atoms with van der Waals surface area (Å²) in [6.45, 7) is 0. The van der Waals surface area contributed by atoms with E-state index in [1.165, 1.54) is 16.3 Å². The van der Waals surface area contributed by atoms with Gasteiger partial charge in [0.2, 0.25) is 0 Å². The van der Waals surface area contributed by atoms with Crippen molar-refractivity contribution in [1.82, 2.24) is 19.1 Å². The van der Waals surface area contributed by atoms with E-state index in [-0.39, 0.29) is 0 Å². The van der Waals surface area contributed by atoms with E-state index in [1.807, 2.05) is 12.1 Å². The smallest absolute Gasteiger partial charge is 0.166 e. The van der Waals surface area contributed by atoms with Crippen LogP contribution in [0.15, 0.2) is 146 Å². The molecule has 0 N–H and O–H groups in total. The second-order valence-corrected chi connectivity index (χ2v) is 9.96. The predicted molar refractivity (Wildman–Crippen MR) is 164 cm³/mol. The topological polar surface area (TPSA) is 35.6 Å². The average Bonchev–Trinajstić information content (AvgIpc) is 3.59. The Hall–Kier alpha value is -5.48. The molecule has 0 atom stereocenters. The van der Waals surface area contributed by atoms with Crippen LogP contribution in [0, 0.1) is 0 Å². The summed E-state index contributed by atoms with van der Waals surface area (Å²) in [6.07, 6.45) is 3.90. The van der Waals surface area contributed by atoms with Crippen molar-refractivity contribution < 1.29 is 0 Å². The fourth-order valence-electron chi connectivity index (χ4n) is 5.86. The van der Waals surface area contributed by atoms with Gasteiger partial charge in [-0.1, -0.05) is 109 Å². The van der Waals surface area contributed by atoms with Crippen molar-refractivity contribution in [2.75, 3.05) is 0 Å². The molecule has 0 amide bonds. The SMILES string of the molecule is c1ccc(-c2cccc(-n3cc(-c4ccccc4)c4ncnc(-n5c6ccccc6c6ccccc65)c43)c2)cc1. The van der Waals surface area contributed by atoms with Crippen LogP contribution in [-0.4, -0.2) is 19.1 Å². The molecular formula is C36H24N4. The monoisotopic (exact) mass is 512 g/mol. The van der Waals surface area contributed by atoms with Gasteiger partial charge >= 0.3 is 0 Å². The van der Waals surface area contributed by atoms with Crippen LogP contribution in [0.2, 0.25) is 0 Å². The Morgan fingerprint density at radius 3 is 1.80 bits per heavy atom. The molecule has 40 heavy (non-hydrogen) atoms. The normalized spacial score (nSPS) is 11.5. The number of benzene rings is 5. The molecule has 0 aliphatic carbocycles. The standard InChI is InChI=1S/C36H24N4/c1-3-12-25(13-4-1)27-16-11-17-28(22-27)39-23-31(26-14-5-2-6-15-26)34-35(39)36(38-24-37-34)40-32-20-9-7-18-29(32)30-19-8-10-21-33(30)40/h1-24H. The summed E-state index contributed by atoms with van der Waals surface area (Å²) in [5, 5.41) is 2.41. The van der Waals surface area contributed by atoms with Crippen LogP contribution >= 0.6 is 0 Å². The van der Waals surface area contributed by atoms with Crippen molar-refractivity contribution in [3.63, 3.8) is 0 Å². The van der Waals surface area contributed by atoms with Crippen LogP contribution in [0.5, 0.6) is 0 Å². The minimum absolute atomic E-state index is 0.856. The number of fused-ring (bicyclic) bond motifs is 4. The van der Waals surface area contributed by atoms with E-state index in [0.29, 0.717) is 0 Å². The van der Waals surface area contributed by atoms with Crippen molar-refractivity contribution in [2.24, 2.45) is 0 Å². The van der Waals surface area contributed by atoms with Crippen LogP contribution in [0.3, 0.4) is 0 Å². The summed E-state index contributed by atoms with van der Waals surface area (Å²) in [7, 11) is 0. The zero-order valence-electron chi connectivity index (χ0n) is 21.6. The van der Waals surface area contributed by atoms with Gasteiger partial charge in [0.1, 0.15) is 17.4 Å². The molecule has 5 aromatic carbocycles. The molecule has 3 aromatic heterocycles. The lowest BCUT2D eigenvalue weighted by Crippen LogP contribution is -2.03. The number of aromatic nitrogens is 4. The molecule has 0 bridgehead atoms. The van der Waals surface area contributed by atoms with Gasteiger partial charge < -0.3 is 4.57 Å². The molecule has 0 spiro atoms. The number of rotatable bonds is 4. The number of hydrogen-bond donors (Lipinski definition) is 0. The summed E-state index contributed by atoms with van der Waals surface area (Å²) < 4.78 is 4.53. The first kappa shape index (κ1) is 22.5. The molecule has 8 aromatic rings. The van der Waals surface area contributed by atoms with Gasteiger partial charge in [-0.15, -0.1) is 0 Å². The summed E-state index contributed by atoms with van der Waals surface area (Å²) in [5.41, 5.74) is 9.74. The average molecular weight is 513 g/mol. The molecule has 0 unspecified atom stereocenters. The Labute approximate surface area is 231 Å². The number of hydrogen-bond acceptors (Lipinski definition) is 2. The fourth-order valence-corrected chi connectivity index (χ4v) is 5.86.